The molecule has 31 heavy (non-hydrogen) atoms. The minimum atomic E-state index is 0.343. The van der Waals surface area contributed by atoms with E-state index in [0.717, 1.165) is 74.1 Å². The fraction of sp³-hybridized carbons (Fsp3) is 0.522. The van der Waals surface area contributed by atoms with Crippen molar-refractivity contribution in [1.29, 1.82) is 0 Å². The quantitative estimate of drug-likeness (QED) is 0.586. The average Bonchev–Trinajstić information content (AvgIpc) is 3.41. The topological polar surface area (TPSA) is 91.0 Å². The van der Waals surface area contributed by atoms with Crippen LogP contribution in [0.1, 0.15) is 42.9 Å². The number of ether oxygens (including phenoxy) is 1. The van der Waals surface area contributed by atoms with Crippen molar-refractivity contribution < 1.29 is 4.74 Å². The van der Waals surface area contributed by atoms with E-state index in [9.17, 15) is 0 Å². The Morgan fingerprint density at radius 2 is 2.10 bits per heavy atom. The lowest BCUT2D eigenvalue weighted by atomic mass is 9.92. The second kappa shape index (κ2) is 7.76. The van der Waals surface area contributed by atoms with Gasteiger partial charge in [-0.25, -0.2) is 15.0 Å². The number of aromatic amines is 1. The number of pyridine rings is 1. The van der Waals surface area contributed by atoms with Crippen molar-refractivity contribution in [3.63, 3.8) is 0 Å². The Labute approximate surface area is 181 Å². The second-order valence-corrected chi connectivity index (χ2v) is 9.05. The Bertz CT molecular complexity index is 1070. The number of hydrogen-bond donors (Lipinski definition) is 3. The number of piperazine rings is 1. The Balaban J connectivity index is 1.21. The van der Waals surface area contributed by atoms with Crippen molar-refractivity contribution in [2.24, 2.45) is 0 Å². The fourth-order valence-corrected chi connectivity index (χ4v) is 5.00. The van der Waals surface area contributed by atoms with E-state index in [-0.39, 0.29) is 0 Å². The summed E-state index contributed by atoms with van der Waals surface area (Å²) in [5.41, 5.74) is 3.54. The molecule has 3 aliphatic rings. The van der Waals surface area contributed by atoms with Gasteiger partial charge in [0.25, 0.3) is 0 Å². The molecule has 1 aliphatic carbocycles. The highest BCUT2D eigenvalue weighted by molar-refractivity contribution is 5.90. The smallest absolute Gasteiger partial charge is 0.143 e. The molecule has 0 radical (unpaired) electrons. The van der Waals surface area contributed by atoms with E-state index in [4.69, 9.17) is 9.72 Å². The Hall–Kier alpha value is -2.71. The lowest BCUT2D eigenvalue weighted by molar-refractivity contribution is 0.0856. The monoisotopic (exact) mass is 419 g/mol. The SMILES string of the molecule is c1cc(CNc2ncnc3[nH]cc(C4CCOCC4)c23)nc(N2CCNC3(CC3)C2)c1. The number of rotatable bonds is 5. The lowest BCUT2D eigenvalue weighted by Crippen LogP contribution is -2.52. The van der Waals surface area contributed by atoms with Crippen molar-refractivity contribution in [2.75, 3.05) is 43.1 Å². The third-order valence-corrected chi connectivity index (χ3v) is 6.94. The van der Waals surface area contributed by atoms with Crippen LogP contribution >= 0.6 is 0 Å². The van der Waals surface area contributed by atoms with Gasteiger partial charge in [0.15, 0.2) is 0 Å². The number of anilines is 2. The van der Waals surface area contributed by atoms with E-state index in [0.29, 0.717) is 18.0 Å². The summed E-state index contributed by atoms with van der Waals surface area (Å²) < 4.78 is 5.55. The number of aromatic nitrogens is 4. The highest BCUT2D eigenvalue weighted by atomic mass is 16.5. The lowest BCUT2D eigenvalue weighted by Gasteiger charge is -2.35. The zero-order valence-corrected chi connectivity index (χ0v) is 17.7. The number of hydrogen-bond acceptors (Lipinski definition) is 7. The van der Waals surface area contributed by atoms with Crippen molar-refractivity contribution in [2.45, 2.75) is 43.7 Å². The first-order chi connectivity index (χ1) is 15.3. The maximum absolute atomic E-state index is 5.55. The predicted octanol–water partition coefficient (Wildman–Crippen LogP) is 2.80. The summed E-state index contributed by atoms with van der Waals surface area (Å²) in [6.45, 7) is 5.37. The van der Waals surface area contributed by atoms with E-state index in [2.05, 4.69) is 54.9 Å². The highest BCUT2D eigenvalue weighted by Gasteiger charge is 2.45. The number of H-pyrrole nitrogens is 1. The van der Waals surface area contributed by atoms with Gasteiger partial charge in [0.05, 0.1) is 17.6 Å². The van der Waals surface area contributed by atoms with Gasteiger partial charge in [0.2, 0.25) is 0 Å². The van der Waals surface area contributed by atoms with Crippen LogP contribution < -0.4 is 15.5 Å². The first kappa shape index (κ1) is 19.0. The van der Waals surface area contributed by atoms with E-state index >= 15 is 0 Å². The number of nitrogens with one attached hydrogen (secondary N) is 3. The molecular formula is C23H29N7O. The van der Waals surface area contributed by atoms with E-state index in [1.165, 1.54) is 18.4 Å². The van der Waals surface area contributed by atoms with E-state index in [1.807, 2.05) is 0 Å². The summed E-state index contributed by atoms with van der Waals surface area (Å²) in [4.78, 5) is 19.7. The molecule has 3 N–H and O–H groups in total. The molecule has 0 atom stereocenters. The molecule has 3 aromatic rings. The first-order valence-corrected chi connectivity index (χ1v) is 11.4. The molecule has 0 unspecified atom stereocenters. The highest BCUT2D eigenvalue weighted by Crippen LogP contribution is 2.38. The molecule has 1 spiro atoms. The van der Waals surface area contributed by atoms with Gasteiger partial charge in [-0.1, -0.05) is 6.07 Å². The normalized spacial score (nSPS) is 21.0. The van der Waals surface area contributed by atoms with Crippen LogP contribution in [0.15, 0.2) is 30.7 Å². The van der Waals surface area contributed by atoms with Crippen molar-refractivity contribution in [3.05, 3.63) is 42.0 Å². The number of nitrogens with zero attached hydrogens (tertiary/aromatic N) is 4. The summed E-state index contributed by atoms with van der Waals surface area (Å²) in [6, 6.07) is 6.32. The zero-order valence-electron chi connectivity index (χ0n) is 17.7. The third-order valence-electron chi connectivity index (χ3n) is 6.94. The van der Waals surface area contributed by atoms with Crippen molar-refractivity contribution in [3.8, 4) is 0 Å². The molecule has 8 heteroatoms. The molecule has 0 amide bonds. The van der Waals surface area contributed by atoms with Crippen LogP contribution in [0, 0.1) is 0 Å². The number of fused-ring (bicyclic) bond motifs is 1. The zero-order chi connectivity index (χ0) is 20.7. The molecule has 3 fully saturated rings. The van der Waals surface area contributed by atoms with Crippen molar-refractivity contribution >= 4 is 22.7 Å². The second-order valence-electron chi connectivity index (χ2n) is 9.05. The van der Waals surface area contributed by atoms with Gasteiger partial charge in [-0.05, 0) is 49.3 Å². The minimum Gasteiger partial charge on any atom is -0.381 e. The summed E-state index contributed by atoms with van der Waals surface area (Å²) in [5, 5.41) is 8.30. The molecular weight excluding hydrogens is 390 g/mol. The van der Waals surface area contributed by atoms with Crippen molar-refractivity contribution in [1.82, 2.24) is 25.3 Å². The summed E-state index contributed by atoms with van der Waals surface area (Å²) in [7, 11) is 0. The Kier molecular flexibility index (Phi) is 4.76. The largest absolute Gasteiger partial charge is 0.381 e. The van der Waals surface area contributed by atoms with Crippen LogP contribution in [-0.4, -0.2) is 58.3 Å². The summed E-state index contributed by atoms with van der Waals surface area (Å²) >= 11 is 0. The maximum Gasteiger partial charge on any atom is 0.143 e. The molecule has 3 aromatic heterocycles. The molecule has 1 saturated carbocycles. The maximum atomic E-state index is 5.55. The average molecular weight is 420 g/mol. The minimum absolute atomic E-state index is 0.343. The van der Waals surface area contributed by atoms with Crippen LogP contribution in [0.4, 0.5) is 11.6 Å². The van der Waals surface area contributed by atoms with Crippen LogP contribution in [-0.2, 0) is 11.3 Å². The van der Waals surface area contributed by atoms with Crippen LogP contribution in [0.2, 0.25) is 0 Å². The van der Waals surface area contributed by atoms with Gasteiger partial charge in [-0.2, -0.15) is 0 Å². The van der Waals surface area contributed by atoms with Crippen LogP contribution in [0.3, 0.4) is 0 Å². The van der Waals surface area contributed by atoms with Gasteiger partial charge in [0.1, 0.15) is 23.6 Å². The Morgan fingerprint density at radius 3 is 2.97 bits per heavy atom. The summed E-state index contributed by atoms with van der Waals surface area (Å²) in [6.07, 6.45) is 8.35. The van der Waals surface area contributed by atoms with Crippen LogP contribution in [0.25, 0.3) is 11.0 Å². The third kappa shape index (κ3) is 3.74. The molecule has 0 bridgehead atoms. The van der Waals surface area contributed by atoms with Gasteiger partial charge in [-0.15, -0.1) is 0 Å². The Morgan fingerprint density at radius 1 is 1.19 bits per heavy atom. The van der Waals surface area contributed by atoms with Gasteiger partial charge in [0, 0.05) is 44.6 Å². The standard InChI is InChI=1S/C23H29N7O/c1-2-17(29-19(3-1)30-9-8-28-23(14-30)6-7-23)12-24-21-20-18(16-4-10-31-11-5-16)13-25-22(20)27-15-26-21/h1-3,13,15-16,28H,4-12,14H2,(H2,24,25,26,27). The fourth-order valence-electron chi connectivity index (χ4n) is 5.00. The first-order valence-electron chi connectivity index (χ1n) is 11.4. The predicted molar refractivity (Wildman–Crippen MR) is 120 cm³/mol. The van der Waals surface area contributed by atoms with E-state index in [1.54, 1.807) is 6.33 Å². The summed E-state index contributed by atoms with van der Waals surface area (Å²) in [5.74, 6) is 2.43. The van der Waals surface area contributed by atoms with Gasteiger partial charge in [-0.3, -0.25) is 0 Å². The molecule has 2 aliphatic heterocycles. The molecule has 0 aromatic carbocycles. The molecule has 2 saturated heterocycles. The molecule has 162 valence electrons. The molecule has 8 nitrogen and oxygen atoms in total. The van der Waals surface area contributed by atoms with Crippen LogP contribution in [0.5, 0.6) is 0 Å². The molecule has 6 rings (SSSR count). The van der Waals surface area contributed by atoms with Gasteiger partial charge < -0.3 is 25.3 Å². The molecule has 5 heterocycles. The van der Waals surface area contributed by atoms with Gasteiger partial charge >= 0.3 is 0 Å². The van der Waals surface area contributed by atoms with E-state index < -0.39 is 0 Å².